The monoisotopic (exact) mass is 360 g/mol. The molecule has 1 aromatic rings. The van der Waals surface area contributed by atoms with E-state index in [9.17, 15) is 5.11 Å². The molecule has 1 aromatic carbocycles. The Bertz CT molecular complexity index is 566. The van der Waals surface area contributed by atoms with Gasteiger partial charge in [0.05, 0.1) is 38.1 Å². The molecule has 5 unspecified atom stereocenters. The van der Waals surface area contributed by atoms with E-state index in [0.29, 0.717) is 13.0 Å². The number of hydrogen-bond donors (Lipinski definition) is 1. The molecule has 1 aliphatic rings. The van der Waals surface area contributed by atoms with Crippen LogP contribution in [-0.2, 0) is 16.1 Å². The maximum Gasteiger partial charge on any atom is 0.118 e. The third-order valence-corrected chi connectivity index (χ3v) is 5.04. The summed E-state index contributed by atoms with van der Waals surface area (Å²) in [6, 6.07) is 7.84. The largest absolute Gasteiger partial charge is 0.497 e. The van der Waals surface area contributed by atoms with Crippen molar-refractivity contribution in [3.05, 3.63) is 54.6 Å². The fraction of sp³-hybridized carbons (Fsp3) is 0.545. The summed E-state index contributed by atoms with van der Waals surface area (Å²) in [5.74, 6) is 0.863. The first-order chi connectivity index (χ1) is 12.5. The average molecular weight is 360 g/mol. The van der Waals surface area contributed by atoms with Crippen LogP contribution in [0.4, 0.5) is 0 Å². The Labute approximate surface area is 157 Å². The van der Waals surface area contributed by atoms with Crippen LogP contribution in [0.2, 0.25) is 0 Å². The van der Waals surface area contributed by atoms with Gasteiger partial charge in [0.25, 0.3) is 0 Å². The van der Waals surface area contributed by atoms with Crippen LogP contribution in [0.5, 0.6) is 5.75 Å². The highest BCUT2D eigenvalue weighted by Gasteiger charge is 2.26. The lowest BCUT2D eigenvalue weighted by atomic mass is 9.93. The van der Waals surface area contributed by atoms with E-state index in [4.69, 9.17) is 14.2 Å². The van der Waals surface area contributed by atoms with Gasteiger partial charge in [-0.25, -0.2) is 0 Å². The second kappa shape index (κ2) is 10.5. The van der Waals surface area contributed by atoms with Crippen molar-refractivity contribution in [2.24, 2.45) is 5.92 Å². The second-order valence-corrected chi connectivity index (χ2v) is 7.01. The quantitative estimate of drug-likeness (QED) is 0.633. The summed E-state index contributed by atoms with van der Waals surface area (Å²) in [6.07, 6.45) is 7.99. The molecule has 2 rings (SSSR count). The molecule has 26 heavy (non-hydrogen) atoms. The third kappa shape index (κ3) is 6.27. The third-order valence-electron chi connectivity index (χ3n) is 5.04. The highest BCUT2D eigenvalue weighted by Crippen LogP contribution is 2.24. The highest BCUT2D eigenvalue weighted by atomic mass is 16.5. The molecule has 0 aliphatic carbocycles. The number of ether oxygens (including phenoxy) is 3. The first-order valence-electron chi connectivity index (χ1n) is 9.39. The van der Waals surface area contributed by atoms with Crippen LogP contribution in [0.1, 0.15) is 38.7 Å². The summed E-state index contributed by atoms with van der Waals surface area (Å²) >= 11 is 0. The van der Waals surface area contributed by atoms with E-state index in [1.54, 1.807) is 7.11 Å². The van der Waals surface area contributed by atoms with Crippen molar-refractivity contribution in [1.29, 1.82) is 0 Å². The molecular formula is C22H32O4. The number of aliphatic hydroxyl groups is 1. The van der Waals surface area contributed by atoms with Crippen molar-refractivity contribution in [3.8, 4) is 5.75 Å². The smallest absolute Gasteiger partial charge is 0.118 e. The van der Waals surface area contributed by atoms with Crippen LogP contribution in [0, 0.1) is 5.92 Å². The van der Waals surface area contributed by atoms with Crippen molar-refractivity contribution in [2.75, 3.05) is 7.11 Å². The molecule has 1 aliphatic heterocycles. The molecule has 0 amide bonds. The van der Waals surface area contributed by atoms with Crippen LogP contribution < -0.4 is 4.74 Å². The van der Waals surface area contributed by atoms with Gasteiger partial charge in [0.1, 0.15) is 5.75 Å². The first-order valence-corrected chi connectivity index (χ1v) is 9.39. The number of rotatable bonds is 10. The van der Waals surface area contributed by atoms with Crippen molar-refractivity contribution in [1.82, 2.24) is 0 Å². The fourth-order valence-electron chi connectivity index (χ4n) is 3.08. The van der Waals surface area contributed by atoms with E-state index < -0.39 is 6.10 Å². The van der Waals surface area contributed by atoms with Crippen molar-refractivity contribution in [3.63, 3.8) is 0 Å². The molecule has 4 nitrogen and oxygen atoms in total. The minimum absolute atomic E-state index is 0.0283. The summed E-state index contributed by atoms with van der Waals surface area (Å²) in [5.41, 5.74) is 1.09. The van der Waals surface area contributed by atoms with Gasteiger partial charge in [-0.1, -0.05) is 37.3 Å². The number of aliphatic hydroxyl groups excluding tert-OH is 1. The van der Waals surface area contributed by atoms with E-state index >= 15 is 0 Å². The SMILES string of the molecule is C=CCC1C=CCC(CC(O)C(C)C(C)OCc2ccc(OC)cc2)O1. The van der Waals surface area contributed by atoms with Gasteiger partial charge in [0.2, 0.25) is 0 Å². The molecule has 0 fully saturated rings. The number of benzene rings is 1. The lowest BCUT2D eigenvalue weighted by Crippen LogP contribution is -2.35. The van der Waals surface area contributed by atoms with Gasteiger partial charge in [0.15, 0.2) is 0 Å². The topological polar surface area (TPSA) is 47.9 Å². The molecule has 0 saturated carbocycles. The van der Waals surface area contributed by atoms with E-state index in [0.717, 1.165) is 24.2 Å². The van der Waals surface area contributed by atoms with Gasteiger partial charge in [-0.05, 0) is 37.5 Å². The van der Waals surface area contributed by atoms with Crippen molar-refractivity contribution < 1.29 is 19.3 Å². The molecular weight excluding hydrogens is 328 g/mol. The van der Waals surface area contributed by atoms with Gasteiger partial charge in [-0.3, -0.25) is 0 Å². The molecule has 5 atom stereocenters. The van der Waals surface area contributed by atoms with E-state index in [-0.39, 0.29) is 24.2 Å². The van der Waals surface area contributed by atoms with Crippen LogP contribution in [0.3, 0.4) is 0 Å². The van der Waals surface area contributed by atoms with Crippen LogP contribution in [0.15, 0.2) is 49.1 Å². The summed E-state index contributed by atoms with van der Waals surface area (Å²) < 4.78 is 17.1. The standard InChI is InChI=1S/C22H32O4/c1-5-7-20-8-6-9-21(26-20)14-22(23)16(2)17(3)25-15-18-10-12-19(24-4)13-11-18/h5-6,8,10-13,16-17,20-23H,1,7,9,14-15H2,2-4H3. The van der Waals surface area contributed by atoms with Gasteiger partial charge in [-0.15, -0.1) is 6.58 Å². The molecule has 0 bridgehead atoms. The Balaban J connectivity index is 1.78. The zero-order chi connectivity index (χ0) is 18.9. The van der Waals surface area contributed by atoms with Crippen LogP contribution in [0.25, 0.3) is 0 Å². The van der Waals surface area contributed by atoms with Gasteiger partial charge in [0, 0.05) is 12.3 Å². The van der Waals surface area contributed by atoms with Gasteiger partial charge in [-0.2, -0.15) is 0 Å². The molecule has 0 spiro atoms. The maximum absolute atomic E-state index is 10.6. The molecule has 0 saturated heterocycles. The van der Waals surface area contributed by atoms with Crippen molar-refractivity contribution >= 4 is 0 Å². The minimum Gasteiger partial charge on any atom is -0.497 e. The predicted molar refractivity (Wildman–Crippen MR) is 104 cm³/mol. The van der Waals surface area contributed by atoms with Crippen molar-refractivity contribution in [2.45, 2.75) is 64.1 Å². The van der Waals surface area contributed by atoms with Crippen LogP contribution in [-0.4, -0.2) is 36.6 Å². The fourth-order valence-corrected chi connectivity index (χ4v) is 3.08. The number of hydrogen-bond acceptors (Lipinski definition) is 4. The normalized spacial score (nSPS) is 23.2. The molecule has 1 N–H and O–H groups in total. The van der Waals surface area contributed by atoms with E-state index in [2.05, 4.69) is 18.7 Å². The summed E-state index contributed by atoms with van der Waals surface area (Å²) in [5, 5.41) is 10.6. The molecule has 4 heteroatoms. The van der Waals surface area contributed by atoms with E-state index in [1.165, 1.54) is 0 Å². The van der Waals surface area contributed by atoms with Gasteiger partial charge >= 0.3 is 0 Å². The summed E-state index contributed by atoms with van der Waals surface area (Å²) in [4.78, 5) is 0. The zero-order valence-corrected chi connectivity index (χ0v) is 16.1. The minimum atomic E-state index is -0.457. The molecule has 0 aromatic heterocycles. The predicted octanol–water partition coefficient (Wildman–Crippen LogP) is 4.28. The highest BCUT2D eigenvalue weighted by molar-refractivity contribution is 5.26. The Hall–Kier alpha value is -1.62. The Kier molecular flexibility index (Phi) is 8.36. The summed E-state index contributed by atoms with van der Waals surface area (Å²) in [6.45, 7) is 8.33. The zero-order valence-electron chi connectivity index (χ0n) is 16.1. The van der Waals surface area contributed by atoms with Gasteiger partial charge < -0.3 is 19.3 Å². The average Bonchev–Trinajstić information content (AvgIpc) is 2.66. The number of methoxy groups -OCH3 is 1. The Morgan fingerprint density at radius 1 is 1.31 bits per heavy atom. The molecule has 0 radical (unpaired) electrons. The lowest BCUT2D eigenvalue weighted by molar-refractivity contribution is -0.0625. The lowest BCUT2D eigenvalue weighted by Gasteiger charge is -2.31. The molecule has 144 valence electrons. The van der Waals surface area contributed by atoms with Crippen LogP contribution >= 0.6 is 0 Å². The second-order valence-electron chi connectivity index (χ2n) is 7.01. The Morgan fingerprint density at radius 2 is 2.04 bits per heavy atom. The molecule has 1 heterocycles. The Morgan fingerprint density at radius 3 is 2.69 bits per heavy atom. The first kappa shape index (κ1) is 20.7. The summed E-state index contributed by atoms with van der Waals surface area (Å²) in [7, 11) is 1.65. The maximum atomic E-state index is 10.6. The van der Waals surface area contributed by atoms with E-state index in [1.807, 2.05) is 44.2 Å².